The number of allylic oxidation sites excluding steroid dienone is 1. The summed E-state index contributed by atoms with van der Waals surface area (Å²) in [4.78, 5) is 35.7. The van der Waals surface area contributed by atoms with Crippen LogP contribution in [0.5, 0.6) is 11.5 Å². The number of hydrogen-bond acceptors (Lipinski definition) is 6. The van der Waals surface area contributed by atoms with E-state index in [9.17, 15) is 14.4 Å². The second-order valence-corrected chi connectivity index (χ2v) is 8.28. The van der Waals surface area contributed by atoms with E-state index >= 15 is 0 Å². The van der Waals surface area contributed by atoms with Gasteiger partial charge in [-0.15, -0.1) is 0 Å². The van der Waals surface area contributed by atoms with Gasteiger partial charge in [0.15, 0.2) is 6.10 Å². The van der Waals surface area contributed by atoms with Gasteiger partial charge in [0.1, 0.15) is 17.3 Å². The third kappa shape index (κ3) is 4.90. The largest absolute Gasteiger partial charge is 0.482 e. The van der Waals surface area contributed by atoms with Crippen LogP contribution in [0.25, 0.3) is 5.76 Å². The third-order valence-corrected chi connectivity index (χ3v) is 5.94. The van der Waals surface area contributed by atoms with Gasteiger partial charge in [-0.3, -0.25) is 14.4 Å². The minimum atomic E-state index is -0.576. The maximum Gasteiger partial charge on any atom is 0.308 e. The van der Waals surface area contributed by atoms with Crippen molar-refractivity contribution >= 4 is 23.5 Å². The molecule has 1 aliphatic heterocycles. The van der Waals surface area contributed by atoms with Crippen molar-refractivity contribution in [3.63, 3.8) is 0 Å². The van der Waals surface area contributed by atoms with Crippen LogP contribution in [0.4, 0.5) is 0 Å². The molecule has 0 aromatic heterocycles. The van der Waals surface area contributed by atoms with Crippen LogP contribution in [0.1, 0.15) is 55.5 Å². The van der Waals surface area contributed by atoms with Crippen LogP contribution in [0.3, 0.4) is 0 Å². The molecule has 2 aromatic carbocycles. The molecule has 0 spiro atoms. The lowest BCUT2D eigenvalue weighted by Crippen LogP contribution is -2.40. The Kier molecular flexibility index (Phi) is 6.40. The maximum atomic E-state index is 13.4. The summed E-state index contributed by atoms with van der Waals surface area (Å²) in [7, 11) is 0. The van der Waals surface area contributed by atoms with Crippen molar-refractivity contribution in [1.82, 2.24) is 0 Å². The van der Waals surface area contributed by atoms with Crippen molar-refractivity contribution in [3.05, 3.63) is 65.7 Å². The van der Waals surface area contributed by atoms with Crippen LogP contribution >= 0.6 is 0 Å². The second-order valence-electron chi connectivity index (χ2n) is 8.28. The van der Waals surface area contributed by atoms with E-state index in [1.54, 1.807) is 36.4 Å². The molecular weight excluding hydrogens is 408 g/mol. The highest BCUT2D eigenvalue weighted by molar-refractivity contribution is 6.00. The zero-order chi connectivity index (χ0) is 22.7. The van der Waals surface area contributed by atoms with Crippen molar-refractivity contribution in [1.29, 1.82) is 0 Å². The van der Waals surface area contributed by atoms with Crippen molar-refractivity contribution in [2.24, 2.45) is 11.8 Å². The summed E-state index contributed by atoms with van der Waals surface area (Å²) in [5.74, 6) is 1.11. The van der Waals surface area contributed by atoms with Crippen molar-refractivity contribution in [2.75, 3.05) is 0 Å². The first-order chi connectivity index (χ1) is 15.4. The standard InChI is InChI=1S/C26H26O6/c1-16(27)30-21-11-7-18(8-12-21)24-15-20-5-3-4-6-23(20)26(32-24)25(29)19-9-13-22(14-10-19)31-17(2)28/h7-15,20,23,26H,3-6H2,1-2H3/t20-,23+,26+/m1/s1. The maximum absolute atomic E-state index is 13.4. The van der Waals surface area contributed by atoms with Gasteiger partial charge in [-0.1, -0.05) is 12.8 Å². The first-order valence-corrected chi connectivity index (χ1v) is 10.9. The molecule has 0 amide bonds. The summed E-state index contributed by atoms with van der Waals surface area (Å²) in [6.07, 6.45) is 5.75. The predicted molar refractivity (Wildman–Crippen MR) is 118 cm³/mol. The van der Waals surface area contributed by atoms with Gasteiger partial charge in [0.25, 0.3) is 0 Å². The molecule has 1 fully saturated rings. The van der Waals surface area contributed by atoms with Crippen LogP contribution < -0.4 is 9.47 Å². The monoisotopic (exact) mass is 434 g/mol. The molecule has 1 aliphatic carbocycles. The number of ketones is 1. The molecule has 0 saturated heterocycles. The molecule has 3 atom stereocenters. The predicted octanol–water partition coefficient (Wildman–Crippen LogP) is 4.97. The second kappa shape index (κ2) is 9.39. The summed E-state index contributed by atoms with van der Waals surface area (Å²) in [5.41, 5.74) is 1.37. The van der Waals surface area contributed by atoms with Gasteiger partial charge in [-0.05, 0) is 73.4 Å². The third-order valence-electron chi connectivity index (χ3n) is 5.94. The van der Waals surface area contributed by atoms with E-state index in [2.05, 4.69) is 6.08 Å². The molecule has 166 valence electrons. The number of fused-ring (bicyclic) bond motifs is 1. The van der Waals surface area contributed by atoms with Gasteiger partial charge in [0, 0.05) is 30.9 Å². The summed E-state index contributed by atoms with van der Waals surface area (Å²) in [6.45, 7) is 2.70. The van der Waals surface area contributed by atoms with Crippen molar-refractivity contribution in [2.45, 2.75) is 45.6 Å². The number of carbonyl (C=O) groups excluding carboxylic acids is 3. The molecule has 4 rings (SSSR count). The summed E-state index contributed by atoms with van der Waals surface area (Å²) in [5, 5.41) is 0. The van der Waals surface area contributed by atoms with Gasteiger partial charge in [-0.2, -0.15) is 0 Å². The zero-order valence-electron chi connectivity index (χ0n) is 18.2. The fourth-order valence-corrected chi connectivity index (χ4v) is 4.51. The van der Waals surface area contributed by atoms with Gasteiger partial charge >= 0.3 is 11.9 Å². The molecule has 6 heteroatoms. The molecule has 0 bridgehead atoms. The van der Waals surface area contributed by atoms with Crippen molar-refractivity contribution in [3.8, 4) is 11.5 Å². The topological polar surface area (TPSA) is 78.9 Å². The fraction of sp³-hybridized carbons (Fsp3) is 0.346. The average Bonchev–Trinajstić information content (AvgIpc) is 2.78. The first-order valence-electron chi connectivity index (χ1n) is 10.9. The van der Waals surface area contributed by atoms with E-state index in [1.165, 1.54) is 13.8 Å². The van der Waals surface area contributed by atoms with E-state index < -0.39 is 12.1 Å². The number of hydrogen-bond donors (Lipinski definition) is 0. The van der Waals surface area contributed by atoms with E-state index in [0.29, 0.717) is 22.8 Å². The van der Waals surface area contributed by atoms with Crippen molar-refractivity contribution < 1.29 is 28.6 Å². The highest BCUT2D eigenvalue weighted by Gasteiger charge is 2.40. The average molecular weight is 434 g/mol. The number of benzene rings is 2. The van der Waals surface area contributed by atoms with E-state index in [0.717, 1.165) is 31.2 Å². The summed E-state index contributed by atoms with van der Waals surface area (Å²) in [6, 6.07) is 13.7. The van der Waals surface area contributed by atoms with Crippen LogP contribution in [-0.2, 0) is 14.3 Å². The molecule has 32 heavy (non-hydrogen) atoms. The lowest BCUT2D eigenvalue weighted by atomic mass is 9.73. The van der Waals surface area contributed by atoms with Gasteiger partial charge in [0.2, 0.25) is 5.78 Å². The molecule has 1 heterocycles. The van der Waals surface area contributed by atoms with Gasteiger partial charge in [-0.25, -0.2) is 0 Å². The molecule has 6 nitrogen and oxygen atoms in total. The Morgan fingerprint density at radius 2 is 1.38 bits per heavy atom. The Morgan fingerprint density at radius 1 is 0.812 bits per heavy atom. The lowest BCUT2D eigenvalue weighted by Gasteiger charge is -2.39. The number of carbonyl (C=O) groups is 3. The quantitative estimate of drug-likeness (QED) is 0.376. The van der Waals surface area contributed by atoms with Crippen LogP contribution in [0, 0.1) is 11.8 Å². The number of ether oxygens (including phenoxy) is 3. The van der Waals surface area contributed by atoms with Crippen LogP contribution in [-0.4, -0.2) is 23.8 Å². The number of esters is 2. The first kappa shape index (κ1) is 21.8. The molecule has 2 aromatic rings. The summed E-state index contributed by atoms with van der Waals surface area (Å²) >= 11 is 0. The molecule has 2 aliphatic rings. The molecule has 0 radical (unpaired) electrons. The number of Topliss-reactive ketones (excluding diaryl/α,β-unsaturated/α-hetero) is 1. The number of rotatable bonds is 5. The zero-order valence-corrected chi connectivity index (χ0v) is 18.2. The highest BCUT2D eigenvalue weighted by atomic mass is 16.5. The Balaban J connectivity index is 1.58. The lowest BCUT2D eigenvalue weighted by molar-refractivity contribution is -0.132. The Hall–Kier alpha value is -3.41. The molecule has 0 N–H and O–H groups in total. The van der Waals surface area contributed by atoms with Gasteiger partial charge in [0.05, 0.1) is 0 Å². The smallest absolute Gasteiger partial charge is 0.308 e. The molecule has 1 saturated carbocycles. The Bertz CT molecular complexity index is 1030. The molecule has 0 unspecified atom stereocenters. The van der Waals surface area contributed by atoms with Gasteiger partial charge < -0.3 is 14.2 Å². The highest BCUT2D eigenvalue weighted by Crippen LogP contribution is 2.42. The minimum absolute atomic E-state index is 0.0709. The van der Waals surface area contributed by atoms with E-state index in [-0.39, 0.29) is 23.6 Å². The summed E-state index contributed by atoms with van der Waals surface area (Å²) < 4.78 is 16.5. The van der Waals surface area contributed by atoms with Crippen LogP contribution in [0.15, 0.2) is 54.6 Å². The fourth-order valence-electron chi connectivity index (χ4n) is 4.51. The van der Waals surface area contributed by atoms with Crippen LogP contribution in [0.2, 0.25) is 0 Å². The Morgan fingerprint density at radius 3 is 1.97 bits per heavy atom. The normalized spacial score (nSPS) is 22.1. The van der Waals surface area contributed by atoms with E-state index in [4.69, 9.17) is 14.2 Å². The molecular formula is C26H26O6. The van der Waals surface area contributed by atoms with E-state index in [1.807, 2.05) is 12.1 Å². The SMILES string of the molecule is CC(=O)Oc1ccc(C(=O)[C@H]2OC(c3ccc(OC(C)=O)cc3)=C[C@H]3CCCC[C@H]23)cc1. The minimum Gasteiger partial charge on any atom is -0.482 e. The Labute approximate surface area is 187 Å².